The van der Waals surface area contributed by atoms with E-state index in [1.54, 1.807) is 25.3 Å². The molecule has 2 amide bonds. The van der Waals surface area contributed by atoms with Gasteiger partial charge in [0.1, 0.15) is 17.5 Å². The van der Waals surface area contributed by atoms with Gasteiger partial charge < -0.3 is 14.8 Å². The zero-order valence-corrected chi connectivity index (χ0v) is 18.5. The van der Waals surface area contributed by atoms with Crippen molar-refractivity contribution in [2.45, 2.75) is 19.9 Å². The highest BCUT2D eigenvalue weighted by atomic mass is 35.5. The number of carbonyl (C=O) groups is 2. The molecule has 0 fully saturated rings. The van der Waals surface area contributed by atoms with Crippen LogP contribution in [-0.2, 0) is 4.79 Å². The Hall–Kier alpha value is -2.77. The molecule has 7 nitrogen and oxygen atoms in total. The van der Waals surface area contributed by atoms with E-state index in [-0.39, 0.29) is 10.9 Å². The van der Waals surface area contributed by atoms with Gasteiger partial charge in [-0.3, -0.25) is 9.59 Å². The van der Waals surface area contributed by atoms with Gasteiger partial charge in [-0.15, -0.1) is 0 Å². The zero-order chi connectivity index (χ0) is 22.3. The van der Waals surface area contributed by atoms with E-state index in [4.69, 9.17) is 32.7 Å². The molecule has 0 aliphatic carbocycles. The van der Waals surface area contributed by atoms with Crippen molar-refractivity contribution in [2.75, 3.05) is 14.2 Å². The number of halogens is 2. The molecule has 0 aromatic heterocycles. The van der Waals surface area contributed by atoms with Crippen LogP contribution < -0.4 is 20.2 Å². The van der Waals surface area contributed by atoms with Crippen molar-refractivity contribution in [3.05, 3.63) is 57.6 Å². The molecule has 9 heteroatoms. The molecule has 0 saturated heterocycles. The van der Waals surface area contributed by atoms with Gasteiger partial charge in [0.05, 0.1) is 30.5 Å². The number of methoxy groups -OCH3 is 2. The first-order valence-electron chi connectivity index (χ1n) is 9.07. The largest absolute Gasteiger partial charge is 0.497 e. The highest BCUT2D eigenvalue weighted by Gasteiger charge is 2.24. The summed E-state index contributed by atoms with van der Waals surface area (Å²) in [6.07, 6.45) is 1.44. The lowest BCUT2D eigenvalue weighted by Gasteiger charge is -2.20. The molecule has 0 radical (unpaired) electrons. The highest BCUT2D eigenvalue weighted by molar-refractivity contribution is 6.42. The Kier molecular flexibility index (Phi) is 8.50. The molecule has 2 aromatic carbocycles. The number of amides is 2. The van der Waals surface area contributed by atoms with Crippen LogP contribution in [0.25, 0.3) is 0 Å². The van der Waals surface area contributed by atoms with Crippen LogP contribution in [0.4, 0.5) is 0 Å². The molecule has 0 aliphatic heterocycles. The lowest BCUT2D eigenvalue weighted by molar-refractivity contribution is -0.123. The Labute approximate surface area is 185 Å². The van der Waals surface area contributed by atoms with Crippen LogP contribution in [0.2, 0.25) is 10.0 Å². The second-order valence-electron chi connectivity index (χ2n) is 6.67. The number of nitrogens with one attached hydrogen (secondary N) is 2. The lowest BCUT2D eigenvalue weighted by Crippen LogP contribution is -2.48. The second-order valence-corrected chi connectivity index (χ2v) is 7.48. The first-order chi connectivity index (χ1) is 14.3. The third-order valence-corrected chi connectivity index (χ3v) is 4.97. The summed E-state index contributed by atoms with van der Waals surface area (Å²) in [5.41, 5.74) is 3.37. The number of hydrazone groups is 1. The van der Waals surface area contributed by atoms with Crippen molar-refractivity contribution in [3.8, 4) is 11.5 Å². The fraction of sp³-hybridized carbons (Fsp3) is 0.286. The third kappa shape index (κ3) is 6.11. The molecule has 1 atom stereocenters. The van der Waals surface area contributed by atoms with E-state index in [9.17, 15) is 9.59 Å². The quantitative estimate of drug-likeness (QED) is 0.470. The Morgan fingerprint density at radius 1 is 1.03 bits per heavy atom. The van der Waals surface area contributed by atoms with Crippen LogP contribution in [0.1, 0.15) is 29.8 Å². The number of hydrogen-bond donors (Lipinski definition) is 2. The van der Waals surface area contributed by atoms with Crippen LogP contribution >= 0.6 is 23.2 Å². The maximum Gasteiger partial charge on any atom is 0.262 e. The molecule has 0 bridgehead atoms. The number of rotatable bonds is 8. The van der Waals surface area contributed by atoms with Crippen molar-refractivity contribution in [3.63, 3.8) is 0 Å². The van der Waals surface area contributed by atoms with E-state index in [0.717, 1.165) is 0 Å². The highest BCUT2D eigenvalue weighted by Crippen LogP contribution is 2.23. The minimum Gasteiger partial charge on any atom is -0.497 e. The summed E-state index contributed by atoms with van der Waals surface area (Å²) in [5, 5.41) is 7.28. The fourth-order valence-corrected chi connectivity index (χ4v) is 2.87. The zero-order valence-electron chi connectivity index (χ0n) is 17.0. The molecule has 2 rings (SSSR count). The first-order valence-corrected chi connectivity index (χ1v) is 9.83. The number of ether oxygens (including phenoxy) is 2. The average molecular weight is 452 g/mol. The van der Waals surface area contributed by atoms with Gasteiger partial charge in [0.2, 0.25) is 0 Å². The predicted molar refractivity (Wildman–Crippen MR) is 118 cm³/mol. The van der Waals surface area contributed by atoms with Gasteiger partial charge in [0, 0.05) is 11.1 Å². The van der Waals surface area contributed by atoms with Gasteiger partial charge in [0.15, 0.2) is 0 Å². The average Bonchev–Trinajstić information content (AvgIpc) is 2.73. The molecule has 0 saturated carbocycles. The van der Waals surface area contributed by atoms with E-state index in [1.807, 2.05) is 13.8 Å². The monoisotopic (exact) mass is 451 g/mol. The second kappa shape index (κ2) is 10.8. The Morgan fingerprint density at radius 3 is 2.37 bits per heavy atom. The molecule has 0 aliphatic rings. The molecular weight excluding hydrogens is 429 g/mol. The van der Waals surface area contributed by atoms with Crippen LogP contribution in [0.3, 0.4) is 0 Å². The summed E-state index contributed by atoms with van der Waals surface area (Å²) in [6.45, 7) is 3.63. The van der Waals surface area contributed by atoms with E-state index in [0.29, 0.717) is 27.6 Å². The molecule has 30 heavy (non-hydrogen) atoms. The smallest absolute Gasteiger partial charge is 0.262 e. The molecule has 0 spiro atoms. The maximum atomic E-state index is 12.6. The molecule has 0 heterocycles. The van der Waals surface area contributed by atoms with Gasteiger partial charge in [0.25, 0.3) is 11.8 Å². The van der Waals surface area contributed by atoms with Crippen molar-refractivity contribution in [1.82, 2.24) is 10.7 Å². The van der Waals surface area contributed by atoms with Crippen molar-refractivity contribution in [2.24, 2.45) is 11.0 Å². The number of carbonyl (C=O) groups excluding carboxylic acids is 2. The first kappa shape index (κ1) is 23.5. The van der Waals surface area contributed by atoms with Crippen LogP contribution in [-0.4, -0.2) is 38.3 Å². The lowest BCUT2D eigenvalue weighted by atomic mass is 10.0. The van der Waals surface area contributed by atoms with Crippen molar-refractivity contribution >= 4 is 41.2 Å². The fourth-order valence-electron chi connectivity index (χ4n) is 2.57. The molecular formula is C21H23Cl2N3O4. The summed E-state index contributed by atoms with van der Waals surface area (Å²) in [4.78, 5) is 25.1. The third-order valence-electron chi connectivity index (χ3n) is 4.23. The van der Waals surface area contributed by atoms with Crippen LogP contribution in [0.5, 0.6) is 11.5 Å². The van der Waals surface area contributed by atoms with Crippen LogP contribution in [0.15, 0.2) is 41.5 Å². The van der Waals surface area contributed by atoms with E-state index >= 15 is 0 Å². The Bertz CT molecular complexity index is 948. The standard InChI is InChI=1S/C21H23Cl2N3O4/c1-12(2)19(25-20(27)13-5-7-16(22)17(23)10-13)21(28)26-24-11-14-9-15(29-3)6-8-18(14)30-4/h5-12,19H,1-4H3,(H,25,27)(H,26,28). The van der Waals surface area contributed by atoms with Gasteiger partial charge in [-0.25, -0.2) is 5.43 Å². The Morgan fingerprint density at radius 2 is 1.77 bits per heavy atom. The van der Waals surface area contributed by atoms with Gasteiger partial charge >= 0.3 is 0 Å². The number of hydrogen-bond acceptors (Lipinski definition) is 5. The van der Waals surface area contributed by atoms with Gasteiger partial charge in [-0.05, 0) is 42.3 Å². The molecule has 1 unspecified atom stereocenters. The predicted octanol–water partition coefficient (Wildman–Crippen LogP) is 3.92. The summed E-state index contributed by atoms with van der Waals surface area (Å²) in [6, 6.07) is 8.90. The van der Waals surface area contributed by atoms with Gasteiger partial charge in [-0.2, -0.15) is 5.10 Å². The van der Waals surface area contributed by atoms with E-state index in [2.05, 4.69) is 15.8 Å². The van der Waals surface area contributed by atoms with Crippen LogP contribution in [0, 0.1) is 5.92 Å². The maximum absolute atomic E-state index is 12.6. The summed E-state index contributed by atoms with van der Waals surface area (Å²) in [5.74, 6) is 0.107. The number of benzene rings is 2. The summed E-state index contributed by atoms with van der Waals surface area (Å²) < 4.78 is 10.5. The number of nitrogens with zero attached hydrogens (tertiary/aromatic N) is 1. The SMILES string of the molecule is COc1ccc(OC)c(C=NNC(=O)C(NC(=O)c2ccc(Cl)c(Cl)c2)C(C)C)c1. The Balaban J connectivity index is 2.09. The molecule has 160 valence electrons. The minimum absolute atomic E-state index is 0.182. The van der Waals surface area contributed by atoms with E-state index < -0.39 is 17.9 Å². The topological polar surface area (TPSA) is 89.0 Å². The summed E-state index contributed by atoms with van der Waals surface area (Å²) >= 11 is 11.8. The minimum atomic E-state index is -0.809. The van der Waals surface area contributed by atoms with Gasteiger partial charge in [-0.1, -0.05) is 37.0 Å². The van der Waals surface area contributed by atoms with Crippen molar-refractivity contribution < 1.29 is 19.1 Å². The summed E-state index contributed by atoms with van der Waals surface area (Å²) in [7, 11) is 3.08. The molecule has 2 aromatic rings. The normalized spacial score (nSPS) is 12.0. The van der Waals surface area contributed by atoms with E-state index in [1.165, 1.54) is 31.5 Å². The van der Waals surface area contributed by atoms with Crippen molar-refractivity contribution in [1.29, 1.82) is 0 Å². The molecule has 2 N–H and O–H groups in total.